The van der Waals surface area contributed by atoms with E-state index in [1.807, 2.05) is 18.2 Å². The zero-order valence-electron chi connectivity index (χ0n) is 11.3. The molecule has 1 N–H and O–H groups in total. The van der Waals surface area contributed by atoms with Crippen LogP contribution in [0.4, 0.5) is 5.69 Å². The number of nitrogens with one attached hydrogen (secondary N) is 1. The number of carbonyl (C=O) groups excluding carboxylic acids is 1. The Kier molecular flexibility index (Phi) is 3.90. The minimum atomic E-state index is -0.357. The minimum Gasteiger partial charge on any atom is -0.465 e. The lowest BCUT2D eigenvalue weighted by molar-refractivity contribution is 0.0601. The van der Waals surface area contributed by atoms with Gasteiger partial charge in [0.05, 0.1) is 18.9 Å². The first kappa shape index (κ1) is 13.2. The van der Waals surface area contributed by atoms with Crippen LogP contribution in [0, 0.1) is 0 Å². The molecule has 0 aliphatic rings. The van der Waals surface area contributed by atoms with Crippen molar-refractivity contribution in [2.75, 3.05) is 12.4 Å². The molecule has 0 aliphatic heterocycles. The third-order valence-electron chi connectivity index (χ3n) is 2.67. The van der Waals surface area contributed by atoms with Gasteiger partial charge in [-0.25, -0.2) is 4.79 Å². The third-order valence-corrected chi connectivity index (χ3v) is 2.67. The van der Waals surface area contributed by atoms with E-state index in [2.05, 4.69) is 19.2 Å². The number of methoxy groups -OCH3 is 1. The topological polar surface area (TPSA) is 51.5 Å². The molecule has 1 aromatic carbocycles. The van der Waals surface area contributed by atoms with E-state index in [4.69, 9.17) is 9.15 Å². The van der Waals surface area contributed by atoms with Crippen LogP contribution in [0.5, 0.6) is 0 Å². The van der Waals surface area contributed by atoms with Crippen molar-refractivity contribution >= 4 is 11.7 Å². The van der Waals surface area contributed by atoms with E-state index in [1.54, 1.807) is 18.4 Å². The van der Waals surface area contributed by atoms with Gasteiger partial charge in [0.15, 0.2) is 0 Å². The van der Waals surface area contributed by atoms with Crippen molar-refractivity contribution in [1.29, 1.82) is 0 Å². The molecule has 0 aliphatic carbocycles. The SMILES string of the molecule is COC(=O)c1ccc(NC(C)C)c(-c2ccco2)c1. The molecule has 1 aromatic heterocycles. The highest BCUT2D eigenvalue weighted by Gasteiger charge is 2.13. The second kappa shape index (κ2) is 5.61. The van der Waals surface area contributed by atoms with Gasteiger partial charge in [-0.2, -0.15) is 0 Å². The molecule has 0 fully saturated rings. The summed E-state index contributed by atoms with van der Waals surface area (Å²) in [5.74, 6) is 0.359. The first-order chi connectivity index (χ1) is 9.11. The fraction of sp³-hybridized carbons (Fsp3) is 0.267. The van der Waals surface area contributed by atoms with Gasteiger partial charge in [0.1, 0.15) is 5.76 Å². The van der Waals surface area contributed by atoms with Gasteiger partial charge in [-0.15, -0.1) is 0 Å². The monoisotopic (exact) mass is 259 g/mol. The highest BCUT2D eigenvalue weighted by Crippen LogP contribution is 2.30. The molecule has 100 valence electrons. The van der Waals surface area contributed by atoms with Crippen LogP contribution in [0.1, 0.15) is 24.2 Å². The average Bonchev–Trinajstić information content (AvgIpc) is 2.91. The molecule has 0 saturated heterocycles. The van der Waals surface area contributed by atoms with Crippen LogP contribution < -0.4 is 5.32 Å². The molecule has 4 heteroatoms. The zero-order valence-corrected chi connectivity index (χ0v) is 11.3. The van der Waals surface area contributed by atoms with Crippen molar-refractivity contribution in [3.63, 3.8) is 0 Å². The average molecular weight is 259 g/mol. The first-order valence-electron chi connectivity index (χ1n) is 6.14. The lowest BCUT2D eigenvalue weighted by atomic mass is 10.1. The first-order valence-corrected chi connectivity index (χ1v) is 6.14. The number of rotatable bonds is 4. The number of furan rings is 1. The summed E-state index contributed by atoms with van der Waals surface area (Å²) in [5, 5.41) is 3.33. The lowest BCUT2D eigenvalue weighted by Gasteiger charge is -2.14. The Morgan fingerprint density at radius 1 is 1.32 bits per heavy atom. The quantitative estimate of drug-likeness (QED) is 0.853. The summed E-state index contributed by atoms with van der Waals surface area (Å²) < 4.78 is 10.2. The van der Waals surface area contributed by atoms with Crippen LogP contribution in [0.25, 0.3) is 11.3 Å². The summed E-state index contributed by atoms with van der Waals surface area (Å²) in [5.41, 5.74) is 2.28. The number of hydrogen-bond acceptors (Lipinski definition) is 4. The Balaban J connectivity index is 2.47. The van der Waals surface area contributed by atoms with Gasteiger partial charge < -0.3 is 14.5 Å². The van der Waals surface area contributed by atoms with Gasteiger partial charge in [-0.3, -0.25) is 0 Å². The van der Waals surface area contributed by atoms with Crippen LogP contribution in [0.2, 0.25) is 0 Å². The van der Waals surface area contributed by atoms with E-state index in [0.29, 0.717) is 11.3 Å². The van der Waals surface area contributed by atoms with E-state index in [0.717, 1.165) is 11.3 Å². The van der Waals surface area contributed by atoms with Gasteiger partial charge in [0.2, 0.25) is 0 Å². The summed E-state index contributed by atoms with van der Waals surface area (Å²) in [6.45, 7) is 4.11. The number of benzene rings is 1. The maximum atomic E-state index is 11.6. The van der Waals surface area contributed by atoms with E-state index in [9.17, 15) is 4.79 Å². The number of hydrogen-bond donors (Lipinski definition) is 1. The van der Waals surface area contributed by atoms with Crippen LogP contribution in [0.3, 0.4) is 0 Å². The summed E-state index contributed by atoms with van der Waals surface area (Å²) in [6.07, 6.45) is 1.61. The Morgan fingerprint density at radius 2 is 2.11 bits per heavy atom. The van der Waals surface area contributed by atoms with Crippen LogP contribution in [-0.2, 0) is 4.74 Å². The van der Waals surface area contributed by atoms with Crippen molar-refractivity contribution in [1.82, 2.24) is 0 Å². The number of anilines is 1. The maximum absolute atomic E-state index is 11.6. The molecular weight excluding hydrogens is 242 g/mol. The van der Waals surface area contributed by atoms with Crippen molar-refractivity contribution in [2.45, 2.75) is 19.9 Å². The molecule has 2 rings (SSSR count). The molecule has 0 unspecified atom stereocenters. The standard InChI is InChI=1S/C15H17NO3/c1-10(2)16-13-7-6-11(15(17)18-3)9-12(13)14-5-4-8-19-14/h4-10,16H,1-3H3. The zero-order chi connectivity index (χ0) is 13.8. The van der Waals surface area contributed by atoms with Gasteiger partial charge in [0.25, 0.3) is 0 Å². The molecule has 2 aromatic rings. The van der Waals surface area contributed by atoms with E-state index in [-0.39, 0.29) is 12.0 Å². The molecular formula is C15H17NO3. The highest BCUT2D eigenvalue weighted by atomic mass is 16.5. The Morgan fingerprint density at radius 3 is 2.68 bits per heavy atom. The van der Waals surface area contributed by atoms with Gasteiger partial charge >= 0.3 is 5.97 Å². The van der Waals surface area contributed by atoms with Gasteiger partial charge in [0, 0.05) is 17.3 Å². The predicted molar refractivity (Wildman–Crippen MR) is 74.2 cm³/mol. The number of ether oxygens (including phenoxy) is 1. The summed E-state index contributed by atoms with van der Waals surface area (Å²) in [4.78, 5) is 11.6. The van der Waals surface area contributed by atoms with Crippen LogP contribution in [0.15, 0.2) is 41.0 Å². The Bertz CT molecular complexity index is 559. The third kappa shape index (κ3) is 2.96. The van der Waals surface area contributed by atoms with Crippen molar-refractivity contribution in [2.24, 2.45) is 0 Å². The molecule has 1 heterocycles. The fourth-order valence-electron chi connectivity index (χ4n) is 1.86. The van der Waals surface area contributed by atoms with Crippen molar-refractivity contribution < 1.29 is 13.9 Å². The van der Waals surface area contributed by atoms with Gasteiger partial charge in [-0.1, -0.05) is 0 Å². The Labute approximate surface area is 112 Å². The minimum absolute atomic E-state index is 0.290. The van der Waals surface area contributed by atoms with Gasteiger partial charge in [-0.05, 0) is 44.2 Å². The van der Waals surface area contributed by atoms with Crippen LogP contribution >= 0.6 is 0 Å². The van der Waals surface area contributed by atoms with E-state index in [1.165, 1.54) is 7.11 Å². The van der Waals surface area contributed by atoms with Crippen molar-refractivity contribution in [3.05, 3.63) is 42.2 Å². The van der Waals surface area contributed by atoms with E-state index >= 15 is 0 Å². The maximum Gasteiger partial charge on any atom is 0.337 e. The predicted octanol–water partition coefficient (Wildman–Crippen LogP) is 3.55. The number of esters is 1. The second-order valence-electron chi connectivity index (χ2n) is 4.53. The summed E-state index contributed by atoms with van der Waals surface area (Å²) >= 11 is 0. The molecule has 0 radical (unpaired) electrons. The van der Waals surface area contributed by atoms with E-state index < -0.39 is 0 Å². The molecule has 19 heavy (non-hydrogen) atoms. The second-order valence-corrected chi connectivity index (χ2v) is 4.53. The van der Waals surface area contributed by atoms with Crippen LogP contribution in [-0.4, -0.2) is 19.1 Å². The molecule has 0 amide bonds. The summed E-state index contributed by atoms with van der Waals surface area (Å²) in [6, 6.07) is 9.35. The molecule has 0 spiro atoms. The number of carbonyl (C=O) groups is 1. The molecule has 0 atom stereocenters. The fourth-order valence-corrected chi connectivity index (χ4v) is 1.86. The normalized spacial score (nSPS) is 10.5. The highest BCUT2D eigenvalue weighted by molar-refractivity contribution is 5.92. The lowest BCUT2D eigenvalue weighted by Crippen LogP contribution is -2.11. The largest absolute Gasteiger partial charge is 0.465 e. The van der Waals surface area contributed by atoms with Crippen molar-refractivity contribution in [3.8, 4) is 11.3 Å². The summed E-state index contributed by atoms with van der Waals surface area (Å²) in [7, 11) is 1.37. The molecule has 0 saturated carbocycles. The molecule has 4 nitrogen and oxygen atoms in total. The Hall–Kier alpha value is -2.23. The smallest absolute Gasteiger partial charge is 0.337 e. The molecule has 0 bridgehead atoms.